The maximum absolute atomic E-state index is 11.8. The van der Waals surface area contributed by atoms with Crippen LogP contribution in [0, 0.1) is 6.92 Å². The van der Waals surface area contributed by atoms with Crippen LogP contribution in [0.25, 0.3) is 6.08 Å². The summed E-state index contributed by atoms with van der Waals surface area (Å²) >= 11 is 1.56. The van der Waals surface area contributed by atoms with Gasteiger partial charge in [-0.25, -0.2) is 0 Å². The normalized spacial score (nSPS) is 14.2. The molecule has 2 N–H and O–H groups in total. The first-order valence-electron chi connectivity index (χ1n) is 6.73. The molecule has 0 aliphatic heterocycles. The summed E-state index contributed by atoms with van der Waals surface area (Å²) in [5, 5.41) is 12.1. The Bertz CT molecular complexity index is 438. The molecular weight excluding hydrogens is 270 g/mol. The Morgan fingerprint density at radius 2 is 2.05 bits per heavy atom. The number of aliphatic hydroxyl groups is 1. The molecular formula is C16H23NO2S. The van der Waals surface area contributed by atoms with Gasteiger partial charge in [0.2, 0.25) is 5.91 Å². The Morgan fingerprint density at radius 1 is 1.40 bits per heavy atom. The van der Waals surface area contributed by atoms with E-state index in [9.17, 15) is 9.90 Å². The van der Waals surface area contributed by atoms with Crippen molar-refractivity contribution in [3.8, 4) is 0 Å². The molecule has 0 fully saturated rings. The van der Waals surface area contributed by atoms with Crippen molar-refractivity contribution in [2.45, 2.75) is 31.6 Å². The van der Waals surface area contributed by atoms with Crippen molar-refractivity contribution < 1.29 is 9.90 Å². The Kier molecular flexibility index (Phi) is 7.41. The van der Waals surface area contributed by atoms with Crippen LogP contribution in [-0.2, 0) is 4.79 Å². The molecule has 0 spiro atoms. The molecule has 0 aliphatic rings. The maximum Gasteiger partial charge on any atom is 0.224 e. The van der Waals surface area contributed by atoms with E-state index >= 15 is 0 Å². The highest BCUT2D eigenvalue weighted by atomic mass is 32.2. The Balaban J connectivity index is 2.41. The fourth-order valence-corrected chi connectivity index (χ4v) is 2.45. The number of hydrogen-bond acceptors (Lipinski definition) is 3. The smallest absolute Gasteiger partial charge is 0.224 e. The van der Waals surface area contributed by atoms with Gasteiger partial charge in [-0.15, -0.1) is 0 Å². The first kappa shape index (κ1) is 16.8. The van der Waals surface area contributed by atoms with E-state index in [1.165, 1.54) is 5.56 Å². The van der Waals surface area contributed by atoms with Gasteiger partial charge >= 0.3 is 0 Å². The van der Waals surface area contributed by atoms with Crippen LogP contribution in [0.1, 0.15) is 24.5 Å². The molecule has 0 aliphatic carbocycles. The summed E-state index contributed by atoms with van der Waals surface area (Å²) in [7, 11) is 0. The minimum Gasteiger partial charge on any atom is -0.395 e. The maximum atomic E-state index is 11.8. The van der Waals surface area contributed by atoms with Gasteiger partial charge in [0, 0.05) is 17.7 Å². The second-order valence-corrected chi connectivity index (χ2v) is 5.91. The summed E-state index contributed by atoms with van der Waals surface area (Å²) in [5.74, 6) is -0.0200. The minimum absolute atomic E-state index is 0.0200. The van der Waals surface area contributed by atoms with Crippen molar-refractivity contribution >= 4 is 23.7 Å². The molecule has 110 valence electrons. The van der Waals surface area contributed by atoms with Crippen molar-refractivity contribution in [3.63, 3.8) is 0 Å². The van der Waals surface area contributed by atoms with Gasteiger partial charge in [-0.1, -0.05) is 42.0 Å². The molecule has 4 heteroatoms. The van der Waals surface area contributed by atoms with Gasteiger partial charge in [0.15, 0.2) is 0 Å². The standard InChI is InChI=1S/C16H23NO2S/c1-12-7-9-14(10-8-12)5-4-6-16(19)17-13(2)15(11-18)20-3/h4-5,7-10,13,15,18H,6,11H2,1-3H3,(H,17,19)/b5-4+. The van der Waals surface area contributed by atoms with Gasteiger partial charge < -0.3 is 10.4 Å². The molecule has 2 atom stereocenters. The molecule has 1 aromatic carbocycles. The predicted molar refractivity (Wildman–Crippen MR) is 86.8 cm³/mol. The minimum atomic E-state index is -0.0322. The molecule has 0 bridgehead atoms. The largest absolute Gasteiger partial charge is 0.395 e. The topological polar surface area (TPSA) is 49.3 Å². The summed E-state index contributed by atoms with van der Waals surface area (Å²) in [4.78, 5) is 11.8. The molecule has 1 rings (SSSR count). The predicted octanol–water partition coefficient (Wildman–Crippen LogP) is 2.63. The van der Waals surface area contributed by atoms with Gasteiger partial charge in [0.25, 0.3) is 0 Å². The second kappa shape index (κ2) is 8.82. The SMILES string of the molecule is CSC(CO)C(C)NC(=O)C/C=C/c1ccc(C)cc1. The zero-order valence-corrected chi connectivity index (χ0v) is 13.1. The molecule has 0 saturated heterocycles. The molecule has 20 heavy (non-hydrogen) atoms. The summed E-state index contributed by atoms with van der Waals surface area (Å²) in [5.41, 5.74) is 2.31. The van der Waals surface area contributed by atoms with Crippen LogP contribution in [-0.4, -0.2) is 35.2 Å². The van der Waals surface area contributed by atoms with E-state index in [0.29, 0.717) is 6.42 Å². The molecule has 1 aromatic rings. The van der Waals surface area contributed by atoms with Crippen molar-refractivity contribution in [1.82, 2.24) is 5.32 Å². The average Bonchev–Trinajstić information content (AvgIpc) is 2.42. The highest BCUT2D eigenvalue weighted by molar-refractivity contribution is 7.99. The van der Waals surface area contributed by atoms with Crippen LogP contribution in [0.4, 0.5) is 0 Å². The number of rotatable bonds is 7. The fourth-order valence-electron chi connectivity index (χ4n) is 1.82. The highest BCUT2D eigenvalue weighted by Crippen LogP contribution is 2.10. The lowest BCUT2D eigenvalue weighted by molar-refractivity contribution is -0.120. The van der Waals surface area contributed by atoms with E-state index in [4.69, 9.17) is 0 Å². The molecule has 0 radical (unpaired) electrons. The lowest BCUT2D eigenvalue weighted by Gasteiger charge is -2.20. The quantitative estimate of drug-likeness (QED) is 0.812. The van der Waals surface area contributed by atoms with E-state index in [1.54, 1.807) is 11.8 Å². The lowest BCUT2D eigenvalue weighted by Crippen LogP contribution is -2.40. The summed E-state index contributed by atoms with van der Waals surface area (Å²) in [6, 6.07) is 8.12. The van der Waals surface area contributed by atoms with Crippen LogP contribution in [0.15, 0.2) is 30.3 Å². The van der Waals surface area contributed by atoms with Crippen molar-refractivity contribution in [2.24, 2.45) is 0 Å². The first-order valence-corrected chi connectivity index (χ1v) is 8.01. The third-order valence-corrected chi connectivity index (χ3v) is 4.28. The van der Waals surface area contributed by atoms with Gasteiger partial charge in [-0.3, -0.25) is 4.79 Å². The number of carbonyl (C=O) groups is 1. The van der Waals surface area contributed by atoms with Crippen molar-refractivity contribution in [3.05, 3.63) is 41.5 Å². The van der Waals surface area contributed by atoms with Crippen molar-refractivity contribution in [1.29, 1.82) is 0 Å². The Morgan fingerprint density at radius 3 is 2.60 bits per heavy atom. The number of carbonyl (C=O) groups excluding carboxylic acids is 1. The summed E-state index contributed by atoms with van der Waals surface area (Å²) in [6.45, 7) is 4.03. The molecule has 1 amide bonds. The Hall–Kier alpha value is -1.26. The van der Waals surface area contributed by atoms with E-state index in [1.807, 2.05) is 56.5 Å². The number of thioether (sulfide) groups is 1. The van der Waals surface area contributed by atoms with E-state index in [2.05, 4.69) is 5.32 Å². The number of aryl methyl sites for hydroxylation is 1. The summed E-state index contributed by atoms with van der Waals surface area (Å²) < 4.78 is 0. The van der Waals surface area contributed by atoms with Crippen LogP contribution in [0.2, 0.25) is 0 Å². The third-order valence-electron chi connectivity index (χ3n) is 3.12. The van der Waals surface area contributed by atoms with Gasteiger partial charge in [-0.05, 0) is 25.7 Å². The van der Waals surface area contributed by atoms with Crippen LogP contribution in [0.3, 0.4) is 0 Å². The highest BCUT2D eigenvalue weighted by Gasteiger charge is 2.16. The molecule has 0 heterocycles. The van der Waals surface area contributed by atoms with E-state index in [-0.39, 0.29) is 23.8 Å². The molecule has 0 aromatic heterocycles. The fraction of sp³-hybridized carbons (Fsp3) is 0.438. The zero-order chi connectivity index (χ0) is 15.0. The monoisotopic (exact) mass is 293 g/mol. The van der Waals surface area contributed by atoms with E-state index < -0.39 is 0 Å². The van der Waals surface area contributed by atoms with E-state index in [0.717, 1.165) is 5.56 Å². The van der Waals surface area contributed by atoms with Crippen molar-refractivity contribution in [2.75, 3.05) is 12.9 Å². The van der Waals surface area contributed by atoms with Gasteiger partial charge in [0.1, 0.15) is 0 Å². The third kappa shape index (κ3) is 5.80. The van der Waals surface area contributed by atoms with Crippen LogP contribution in [0.5, 0.6) is 0 Å². The number of amides is 1. The molecule has 2 unspecified atom stereocenters. The lowest BCUT2D eigenvalue weighted by atomic mass is 10.1. The average molecular weight is 293 g/mol. The first-order chi connectivity index (χ1) is 9.56. The Labute approximate surface area is 125 Å². The number of aliphatic hydroxyl groups excluding tert-OH is 1. The van der Waals surface area contributed by atoms with Crippen LogP contribution < -0.4 is 5.32 Å². The van der Waals surface area contributed by atoms with Gasteiger partial charge in [0.05, 0.1) is 6.61 Å². The number of hydrogen-bond donors (Lipinski definition) is 2. The van der Waals surface area contributed by atoms with Crippen LogP contribution >= 0.6 is 11.8 Å². The van der Waals surface area contributed by atoms with Gasteiger partial charge in [-0.2, -0.15) is 11.8 Å². The second-order valence-electron chi connectivity index (χ2n) is 4.83. The molecule has 3 nitrogen and oxygen atoms in total. The number of benzene rings is 1. The number of nitrogens with one attached hydrogen (secondary N) is 1. The zero-order valence-electron chi connectivity index (χ0n) is 12.3. The molecule has 0 saturated carbocycles. The summed E-state index contributed by atoms with van der Waals surface area (Å²) in [6.07, 6.45) is 6.09.